The molecule has 4 rings (SSSR count). The Kier molecular flexibility index (Phi) is 5.88. The molecule has 0 unspecified atom stereocenters. The number of alkyl halides is 2. The minimum atomic E-state index is -1.51. The predicted octanol–water partition coefficient (Wildman–Crippen LogP) is 3.76. The van der Waals surface area contributed by atoms with E-state index in [4.69, 9.17) is 21.1 Å². The Labute approximate surface area is 181 Å². The van der Waals surface area contributed by atoms with Gasteiger partial charge in [0.15, 0.2) is 10.7 Å². The summed E-state index contributed by atoms with van der Waals surface area (Å²) in [5.41, 5.74) is 1.59. The van der Waals surface area contributed by atoms with Crippen molar-refractivity contribution in [1.82, 2.24) is 14.8 Å². The highest BCUT2D eigenvalue weighted by Gasteiger charge is 2.60. The summed E-state index contributed by atoms with van der Waals surface area (Å²) in [4.78, 5) is 15.1. The van der Waals surface area contributed by atoms with Gasteiger partial charge in [-0.2, -0.15) is 4.98 Å². The maximum Gasteiger partial charge on any atom is 0.336 e. The molecule has 1 aliphatic rings. The lowest BCUT2D eigenvalue weighted by atomic mass is 10.2. The van der Waals surface area contributed by atoms with Gasteiger partial charge in [-0.15, -0.1) is 16.7 Å². The number of nitrogens with one attached hydrogen (secondary N) is 1. The van der Waals surface area contributed by atoms with Gasteiger partial charge in [0.1, 0.15) is 18.6 Å². The molecule has 0 saturated heterocycles. The van der Waals surface area contributed by atoms with Crippen molar-refractivity contribution in [2.75, 3.05) is 25.6 Å². The average molecular weight is 449 g/mol. The van der Waals surface area contributed by atoms with Crippen LogP contribution in [-0.2, 0) is 9.53 Å². The Morgan fingerprint density at radius 2 is 2.03 bits per heavy atom. The van der Waals surface area contributed by atoms with Crippen LogP contribution in [0.1, 0.15) is 6.42 Å². The minimum absolute atomic E-state index is 0.0138. The smallest absolute Gasteiger partial charge is 0.336 e. The van der Waals surface area contributed by atoms with Crippen LogP contribution in [0.25, 0.3) is 17.1 Å². The van der Waals surface area contributed by atoms with Crippen LogP contribution in [0.3, 0.4) is 0 Å². The fraction of sp³-hybridized carbons (Fsp3) is 0.286. The topological polar surface area (TPSA) is 78.3 Å². The van der Waals surface area contributed by atoms with Crippen LogP contribution in [0.2, 0.25) is 0 Å². The number of carbonyl (C=O) groups is 1. The van der Waals surface area contributed by atoms with Crippen LogP contribution in [0.5, 0.6) is 6.01 Å². The van der Waals surface area contributed by atoms with Crippen LogP contribution in [-0.4, -0.2) is 52.0 Å². The number of methoxy groups -OCH3 is 1. The molecule has 10 heteroatoms. The molecular weight excluding hydrogens is 430 g/mol. The third-order valence-corrected chi connectivity index (χ3v) is 5.31. The van der Waals surface area contributed by atoms with E-state index < -0.39 is 17.0 Å². The molecule has 1 amide bonds. The van der Waals surface area contributed by atoms with E-state index in [0.29, 0.717) is 29.4 Å². The van der Waals surface area contributed by atoms with Crippen LogP contribution in [0.15, 0.2) is 48.5 Å². The lowest BCUT2D eigenvalue weighted by molar-refractivity contribution is -0.116. The third kappa shape index (κ3) is 4.52. The van der Waals surface area contributed by atoms with E-state index in [1.807, 2.05) is 0 Å². The van der Waals surface area contributed by atoms with E-state index in [1.54, 1.807) is 43.5 Å². The van der Waals surface area contributed by atoms with Gasteiger partial charge in [0.25, 0.3) is 0 Å². The zero-order valence-electron chi connectivity index (χ0n) is 16.5. The second-order valence-electron chi connectivity index (χ2n) is 7.02. The Morgan fingerprint density at radius 3 is 2.71 bits per heavy atom. The molecule has 7 nitrogen and oxygen atoms in total. The maximum absolute atomic E-state index is 13.4. The largest absolute Gasteiger partial charge is 0.460 e. The van der Waals surface area contributed by atoms with E-state index in [0.717, 1.165) is 0 Å². The Bertz CT molecular complexity index is 1090. The van der Waals surface area contributed by atoms with Gasteiger partial charge in [-0.3, -0.25) is 4.79 Å². The molecular formula is C21H19ClF2N4O3. The highest BCUT2D eigenvalue weighted by molar-refractivity contribution is 6.39. The number of benzene rings is 2. The molecule has 1 N–H and O–H groups in total. The van der Waals surface area contributed by atoms with Gasteiger partial charge in [0, 0.05) is 24.8 Å². The van der Waals surface area contributed by atoms with Crippen molar-refractivity contribution in [1.29, 1.82) is 0 Å². The predicted molar refractivity (Wildman–Crippen MR) is 111 cm³/mol. The van der Waals surface area contributed by atoms with E-state index in [1.165, 1.54) is 16.8 Å². The minimum Gasteiger partial charge on any atom is -0.460 e. The number of aromatic nitrogens is 3. The molecule has 1 aliphatic carbocycles. The first-order chi connectivity index (χ1) is 14.9. The fourth-order valence-electron chi connectivity index (χ4n) is 2.92. The molecule has 0 radical (unpaired) electrons. The Morgan fingerprint density at radius 1 is 1.29 bits per heavy atom. The van der Waals surface area contributed by atoms with Crippen LogP contribution in [0, 0.1) is 5.82 Å². The number of nitrogens with zero attached hydrogens (tertiary/aromatic N) is 3. The van der Waals surface area contributed by atoms with Crippen molar-refractivity contribution in [2.24, 2.45) is 0 Å². The summed E-state index contributed by atoms with van der Waals surface area (Å²) in [5.74, 6) is -0.562. The van der Waals surface area contributed by atoms with E-state index in [-0.39, 0.29) is 24.9 Å². The standard InChI is InChI=1S/C21H19ClF2N4O3/c1-30-9-10-31-20-26-18(13-5-7-14(23)8-6-13)28(27-20)16-4-2-3-15(11-16)25-19(29)21(22)12-17(21)24/h2-8,11,17H,9-10,12H2,1H3,(H,25,29)/t17-,21+/m0/s1. The molecule has 1 saturated carbocycles. The molecule has 0 aliphatic heterocycles. The van der Waals surface area contributed by atoms with Crippen LogP contribution >= 0.6 is 11.6 Å². The van der Waals surface area contributed by atoms with E-state index >= 15 is 0 Å². The van der Waals surface area contributed by atoms with Gasteiger partial charge in [-0.05, 0) is 42.5 Å². The molecule has 2 aromatic carbocycles. The van der Waals surface area contributed by atoms with Crippen molar-refractivity contribution in [2.45, 2.75) is 17.5 Å². The number of hydrogen-bond donors (Lipinski definition) is 1. The highest BCUT2D eigenvalue weighted by atomic mass is 35.5. The number of hydrogen-bond acceptors (Lipinski definition) is 5. The van der Waals surface area contributed by atoms with Gasteiger partial charge in [0.2, 0.25) is 5.91 Å². The summed E-state index contributed by atoms with van der Waals surface area (Å²) >= 11 is 5.96. The summed E-state index contributed by atoms with van der Waals surface area (Å²) in [6, 6.07) is 12.7. The zero-order chi connectivity index (χ0) is 22.0. The number of rotatable bonds is 8. The molecule has 1 fully saturated rings. The molecule has 0 bridgehead atoms. The highest BCUT2D eigenvalue weighted by Crippen LogP contribution is 2.46. The van der Waals surface area contributed by atoms with Gasteiger partial charge in [0.05, 0.1) is 12.3 Å². The molecule has 31 heavy (non-hydrogen) atoms. The summed E-state index contributed by atoms with van der Waals surface area (Å²) in [5, 5.41) is 7.01. The first-order valence-corrected chi connectivity index (χ1v) is 9.88. The van der Waals surface area contributed by atoms with Gasteiger partial charge < -0.3 is 14.8 Å². The zero-order valence-corrected chi connectivity index (χ0v) is 17.3. The molecule has 3 aromatic rings. The number of halogens is 3. The quantitative estimate of drug-likeness (QED) is 0.419. The van der Waals surface area contributed by atoms with Crippen LogP contribution in [0.4, 0.5) is 14.5 Å². The number of amides is 1. The van der Waals surface area contributed by atoms with E-state index in [9.17, 15) is 13.6 Å². The van der Waals surface area contributed by atoms with Gasteiger partial charge in [-0.1, -0.05) is 6.07 Å². The van der Waals surface area contributed by atoms with Crippen molar-refractivity contribution in [3.05, 3.63) is 54.3 Å². The fourth-order valence-corrected chi connectivity index (χ4v) is 3.11. The summed E-state index contributed by atoms with van der Waals surface area (Å²) in [6.07, 6.45) is -1.37. The number of anilines is 1. The SMILES string of the molecule is COCCOc1nc(-c2ccc(F)cc2)n(-c2cccc(NC(=O)[C@@]3(Cl)C[C@@H]3F)c2)n1. The Hall–Kier alpha value is -3.04. The first kappa shape index (κ1) is 21.2. The lowest BCUT2D eigenvalue weighted by Crippen LogP contribution is -2.27. The average Bonchev–Trinajstić information content (AvgIpc) is 3.18. The number of ether oxygens (including phenoxy) is 2. The van der Waals surface area contributed by atoms with Gasteiger partial charge >= 0.3 is 6.01 Å². The van der Waals surface area contributed by atoms with E-state index in [2.05, 4.69) is 15.4 Å². The van der Waals surface area contributed by atoms with Crippen molar-refractivity contribution >= 4 is 23.2 Å². The second kappa shape index (κ2) is 8.60. The monoisotopic (exact) mass is 448 g/mol. The maximum atomic E-state index is 13.4. The Balaban J connectivity index is 1.65. The van der Waals surface area contributed by atoms with Crippen molar-refractivity contribution in [3.8, 4) is 23.1 Å². The molecule has 1 aromatic heterocycles. The summed E-state index contributed by atoms with van der Waals surface area (Å²) in [7, 11) is 1.55. The lowest BCUT2D eigenvalue weighted by Gasteiger charge is -2.11. The van der Waals surface area contributed by atoms with Crippen LogP contribution < -0.4 is 10.1 Å². The van der Waals surface area contributed by atoms with Crippen molar-refractivity contribution in [3.63, 3.8) is 0 Å². The van der Waals surface area contributed by atoms with Gasteiger partial charge in [-0.25, -0.2) is 13.5 Å². The summed E-state index contributed by atoms with van der Waals surface area (Å²) in [6.45, 7) is 0.610. The number of carbonyl (C=O) groups excluding carboxylic acids is 1. The molecule has 0 spiro atoms. The second-order valence-corrected chi connectivity index (χ2v) is 7.69. The molecule has 1 heterocycles. The van der Waals surface area contributed by atoms with Crippen molar-refractivity contribution < 1.29 is 23.0 Å². The summed E-state index contributed by atoms with van der Waals surface area (Å²) < 4.78 is 38.8. The first-order valence-electron chi connectivity index (χ1n) is 9.50. The molecule has 2 atom stereocenters. The molecule has 162 valence electrons. The normalized spacial score (nSPS) is 19.8. The third-order valence-electron chi connectivity index (χ3n) is 4.75.